The van der Waals surface area contributed by atoms with Crippen LogP contribution in [0, 0.1) is 5.21 Å². The van der Waals surface area contributed by atoms with E-state index in [9.17, 15) is 5.21 Å². The van der Waals surface area contributed by atoms with Crippen LogP contribution in [-0.4, -0.2) is 37.1 Å². The lowest BCUT2D eigenvalue weighted by molar-refractivity contribution is -0.860. The number of hydrogen-bond donors (Lipinski definition) is 1. The van der Waals surface area contributed by atoms with Crippen LogP contribution in [0.2, 0.25) is 0 Å². The van der Waals surface area contributed by atoms with Crippen molar-refractivity contribution >= 4 is 0 Å². The van der Waals surface area contributed by atoms with Crippen molar-refractivity contribution in [2.45, 2.75) is 19.4 Å². The first kappa shape index (κ1) is 7.98. The highest BCUT2D eigenvalue weighted by Gasteiger charge is 2.30. The third kappa shape index (κ3) is 1.48. The number of quaternary nitrogens is 1. The second-order valence-corrected chi connectivity index (χ2v) is 3.70. The van der Waals surface area contributed by atoms with Gasteiger partial charge in [-0.25, -0.2) is 0 Å². The van der Waals surface area contributed by atoms with Crippen molar-refractivity contribution in [2.75, 3.05) is 26.7 Å². The number of hydrogen-bond acceptors (Lipinski definition) is 2. The van der Waals surface area contributed by atoms with Crippen molar-refractivity contribution < 1.29 is 5.06 Å². The van der Waals surface area contributed by atoms with Crippen LogP contribution in [-0.2, 0) is 0 Å². The standard InChI is InChI=1S/C7H16N2O/c1-7(2)6-9(10)5-4-8(7)3/h9H,4-6H2,1-3H3. The maximum atomic E-state index is 11.0. The van der Waals surface area contributed by atoms with E-state index >= 15 is 0 Å². The molecule has 3 heteroatoms. The molecule has 1 N–H and O–H groups in total. The molecule has 1 fully saturated rings. The summed E-state index contributed by atoms with van der Waals surface area (Å²) in [6.45, 7) is 6.60. The zero-order valence-electron chi connectivity index (χ0n) is 6.98. The van der Waals surface area contributed by atoms with Crippen molar-refractivity contribution in [1.29, 1.82) is 0 Å². The van der Waals surface area contributed by atoms with Crippen molar-refractivity contribution in [3.05, 3.63) is 5.21 Å². The Hall–Kier alpha value is -0.120. The molecule has 1 atom stereocenters. The fourth-order valence-electron chi connectivity index (χ4n) is 1.30. The lowest BCUT2D eigenvalue weighted by Gasteiger charge is -2.44. The Labute approximate surface area is 62.2 Å². The molecule has 1 heterocycles. The average molecular weight is 144 g/mol. The molecule has 0 saturated carbocycles. The summed E-state index contributed by atoms with van der Waals surface area (Å²) in [5, 5.41) is 11.4. The summed E-state index contributed by atoms with van der Waals surface area (Å²) >= 11 is 0. The molecular formula is C7H16N2O. The highest BCUT2D eigenvalue weighted by molar-refractivity contribution is 4.80. The number of piperazine rings is 1. The van der Waals surface area contributed by atoms with E-state index in [1.54, 1.807) is 0 Å². The smallest absolute Gasteiger partial charge is 0.0950 e. The fraction of sp³-hybridized carbons (Fsp3) is 1.00. The molecule has 0 aromatic rings. The Morgan fingerprint density at radius 2 is 2.10 bits per heavy atom. The Morgan fingerprint density at radius 3 is 2.50 bits per heavy atom. The molecule has 0 bridgehead atoms. The molecule has 1 unspecified atom stereocenters. The second-order valence-electron chi connectivity index (χ2n) is 3.70. The summed E-state index contributed by atoms with van der Waals surface area (Å²) in [6, 6.07) is 0. The summed E-state index contributed by atoms with van der Waals surface area (Å²) in [4.78, 5) is 2.24. The van der Waals surface area contributed by atoms with Crippen LogP contribution >= 0.6 is 0 Å². The molecule has 1 saturated heterocycles. The topological polar surface area (TPSA) is 30.7 Å². The van der Waals surface area contributed by atoms with E-state index in [0.717, 1.165) is 13.1 Å². The van der Waals surface area contributed by atoms with Crippen LogP contribution in [0.25, 0.3) is 0 Å². The van der Waals surface area contributed by atoms with Gasteiger partial charge in [0.1, 0.15) is 0 Å². The van der Waals surface area contributed by atoms with Gasteiger partial charge in [0.15, 0.2) is 0 Å². The molecule has 3 nitrogen and oxygen atoms in total. The van der Waals surface area contributed by atoms with Crippen LogP contribution in [0.4, 0.5) is 0 Å². The van der Waals surface area contributed by atoms with Crippen LogP contribution in [0.15, 0.2) is 0 Å². The minimum Gasteiger partial charge on any atom is -0.634 e. The molecule has 0 radical (unpaired) electrons. The second kappa shape index (κ2) is 2.49. The van der Waals surface area contributed by atoms with E-state index in [0.29, 0.717) is 11.6 Å². The summed E-state index contributed by atoms with van der Waals surface area (Å²) in [5.74, 6) is 0. The first-order chi connectivity index (χ1) is 4.52. The van der Waals surface area contributed by atoms with Gasteiger partial charge in [-0.1, -0.05) is 0 Å². The van der Waals surface area contributed by atoms with Crippen molar-refractivity contribution in [2.24, 2.45) is 0 Å². The normalized spacial score (nSPS) is 34.2. The van der Waals surface area contributed by atoms with Gasteiger partial charge in [0.25, 0.3) is 0 Å². The van der Waals surface area contributed by atoms with E-state index in [2.05, 4.69) is 25.8 Å². The minimum atomic E-state index is 0.0926. The van der Waals surface area contributed by atoms with Gasteiger partial charge >= 0.3 is 0 Å². The molecule has 1 aliphatic rings. The third-order valence-electron chi connectivity index (χ3n) is 2.39. The zero-order chi connectivity index (χ0) is 7.78. The van der Waals surface area contributed by atoms with Gasteiger partial charge in [-0.15, -0.1) is 0 Å². The monoisotopic (exact) mass is 144 g/mol. The van der Waals surface area contributed by atoms with E-state index in [-0.39, 0.29) is 5.54 Å². The molecule has 1 aliphatic heterocycles. The van der Waals surface area contributed by atoms with Crippen molar-refractivity contribution in [3.63, 3.8) is 0 Å². The zero-order valence-corrected chi connectivity index (χ0v) is 6.98. The van der Waals surface area contributed by atoms with E-state index in [1.165, 1.54) is 0 Å². The van der Waals surface area contributed by atoms with Crippen molar-refractivity contribution in [3.8, 4) is 0 Å². The van der Waals surface area contributed by atoms with Gasteiger partial charge in [0.05, 0.1) is 18.6 Å². The van der Waals surface area contributed by atoms with Gasteiger partial charge in [-0.05, 0) is 20.9 Å². The van der Waals surface area contributed by atoms with Crippen molar-refractivity contribution in [1.82, 2.24) is 4.90 Å². The fourth-order valence-corrected chi connectivity index (χ4v) is 1.30. The van der Waals surface area contributed by atoms with Gasteiger partial charge in [-0.2, -0.15) is 0 Å². The summed E-state index contributed by atoms with van der Waals surface area (Å²) in [6.07, 6.45) is 0. The van der Waals surface area contributed by atoms with E-state index in [1.807, 2.05) is 0 Å². The van der Waals surface area contributed by atoms with Gasteiger partial charge in [0, 0.05) is 6.54 Å². The number of likely N-dealkylation sites (N-methyl/N-ethyl adjacent to an activating group) is 1. The third-order valence-corrected chi connectivity index (χ3v) is 2.39. The summed E-state index contributed by atoms with van der Waals surface area (Å²) in [7, 11) is 2.08. The summed E-state index contributed by atoms with van der Waals surface area (Å²) < 4.78 is 0. The van der Waals surface area contributed by atoms with Crippen LogP contribution in [0.3, 0.4) is 0 Å². The Balaban J connectivity index is 2.55. The average Bonchev–Trinajstić information content (AvgIpc) is 1.78. The highest BCUT2D eigenvalue weighted by atomic mass is 16.5. The minimum absolute atomic E-state index is 0.0926. The Kier molecular flexibility index (Phi) is 1.99. The molecule has 1 rings (SSSR count). The molecule has 0 aromatic heterocycles. The predicted octanol–water partition coefficient (Wildman–Crippen LogP) is -0.907. The largest absolute Gasteiger partial charge is 0.634 e. The van der Waals surface area contributed by atoms with Gasteiger partial charge in [-0.3, -0.25) is 4.90 Å². The van der Waals surface area contributed by atoms with E-state index < -0.39 is 0 Å². The lowest BCUT2D eigenvalue weighted by atomic mass is 10.0. The molecular weight excluding hydrogens is 128 g/mol. The molecule has 0 aliphatic carbocycles. The number of nitrogens with one attached hydrogen (secondary N) is 1. The first-order valence-electron chi connectivity index (χ1n) is 3.75. The highest BCUT2D eigenvalue weighted by Crippen LogP contribution is 2.10. The van der Waals surface area contributed by atoms with Crippen LogP contribution in [0.5, 0.6) is 0 Å². The predicted molar refractivity (Wildman–Crippen MR) is 40.8 cm³/mol. The van der Waals surface area contributed by atoms with Gasteiger partial charge in [0.2, 0.25) is 0 Å². The summed E-state index contributed by atoms with van der Waals surface area (Å²) in [5.41, 5.74) is 0.0926. The lowest BCUT2D eigenvalue weighted by Crippen LogP contribution is -3.12. The molecule has 0 amide bonds. The molecule has 0 aromatic carbocycles. The number of nitrogens with zero attached hydrogens (tertiary/aromatic N) is 1. The molecule has 0 spiro atoms. The van der Waals surface area contributed by atoms with Gasteiger partial charge < -0.3 is 10.3 Å². The SMILES string of the molecule is CN1CC[NH+]([O-])CC1(C)C. The Bertz CT molecular complexity index is 125. The molecule has 60 valence electrons. The van der Waals surface area contributed by atoms with Crippen LogP contribution in [0.1, 0.15) is 13.8 Å². The number of hydroxylamine groups is 2. The van der Waals surface area contributed by atoms with Crippen LogP contribution < -0.4 is 5.06 Å². The number of rotatable bonds is 0. The quantitative estimate of drug-likeness (QED) is 0.446. The maximum Gasteiger partial charge on any atom is 0.0950 e. The first-order valence-corrected chi connectivity index (χ1v) is 3.75. The van der Waals surface area contributed by atoms with E-state index in [4.69, 9.17) is 0 Å². The maximum absolute atomic E-state index is 11.0. The molecule has 10 heavy (non-hydrogen) atoms. The Morgan fingerprint density at radius 1 is 1.50 bits per heavy atom.